The summed E-state index contributed by atoms with van der Waals surface area (Å²) in [5.41, 5.74) is 0.667. The molecular formula is C14H21NO4. The molecule has 5 nitrogen and oxygen atoms in total. The lowest BCUT2D eigenvalue weighted by Crippen LogP contribution is -2.38. The highest BCUT2D eigenvalue weighted by molar-refractivity contribution is 5.77. The number of carbonyl (C=O) groups excluding carboxylic acids is 1. The highest BCUT2D eigenvalue weighted by atomic mass is 16.5. The third kappa shape index (κ3) is 5.28. The van der Waals surface area contributed by atoms with Crippen LogP contribution in [0, 0.1) is 0 Å². The van der Waals surface area contributed by atoms with Gasteiger partial charge >= 0.3 is 0 Å². The molecule has 0 bridgehead atoms. The fourth-order valence-electron chi connectivity index (χ4n) is 1.71. The van der Waals surface area contributed by atoms with Gasteiger partial charge in [0.25, 0.3) is 5.91 Å². The van der Waals surface area contributed by atoms with Gasteiger partial charge in [-0.05, 0) is 19.9 Å². The number of carbonyl (C=O) groups is 1. The van der Waals surface area contributed by atoms with Gasteiger partial charge in [0.1, 0.15) is 5.75 Å². The van der Waals surface area contributed by atoms with Crippen LogP contribution in [0.3, 0.4) is 0 Å². The Hall–Kier alpha value is -1.59. The smallest absolute Gasteiger partial charge is 0.258 e. The molecule has 1 aromatic carbocycles. The number of benzene rings is 1. The molecule has 2 atom stereocenters. The number of ether oxygens (including phenoxy) is 2. The van der Waals surface area contributed by atoms with Crippen LogP contribution in [0.5, 0.6) is 5.75 Å². The number of methoxy groups -OCH3 is 1. The van der Waals surface area contributed by atoms with Crippen molar-refractivity contribution in [2.75, 3.05) is 20.3 Å². The van der Waals surface area contributed by atoms with Crippen LogP contribution >= 0.6 is 0 Å². The van der Waals surface area contributed by atoms with Crippen LogP contribution in [-0.2, 0) is 9.53 Å². The van der Waals surface area contributed by atoms with Gasteiger partial charge in [0.05, 0.1) is 12.7 Å². The minimum atomic E-state index is -0.633. The Kier molecular flexibility index (Phi) is 6.32. The molecule has 0 fully saturated rings. The van der Waals surface area contributed by atoms with E-state index in [1.165, 1.54) is 0 Å². The Bertz CT molecular complexity index is 406. The van der Waals surface area contributed by atoms with Crippen molar-refractivity contribution in [2.45, 2.75) is 26.0 Å². The van der Waals surface area contributed by atoms with E-state index in [0.29, 0.717) is 17.9 Å². The largest absolute Gasteiger partial charge is 0.483 e. The number of hydrogen-bond acceptors (Lipinski definition) is 4. The van der Waals surface area contributed by atoms with E-state index in [9.17, 15) is 9.90 Å². The van der Waals surface area contributed by atoms with Gasteiger partial charge in [0.15, 0.2) is 6.61 Å². The van der Waals surface area contributed by atoms with E-state index in [-0.39, 0.29) is 18.6 Å². The quantitative estimate of drug-likeness (QED) is 0.780. The molecular weight excluding hydrogens is 246 g/mol. The zero-order valence-electron chi connectivity index (χ0n) is 11.6. The van der Waals surface area contributed by atoms with Gasteiger partial charge in [-0.2, -0.15) is 0 Å². The molecule has 0 saturated heterocycles. The number of rotatable bonds is 7. The van der Waals surface area contributed by atoms with Crippen molar-refractivity contribution in [3.8, 4) is 5.75 Å². The Morgan fingerprint density at radius 1 is 1.37 bits per heavy atom. The molecule has 2 N–H and O–H groups in total. The summed E-state index contributed by atoms with van der Waals surface area (Å²) in [5.74, 6) is 0.303. The van der Waals surface area contributed by atoms with E-state index in [1.54, 1.807) is 32.2 Å². The van der Waals surface area contributed by atoms with Gasteiger partial charge < -0.3 is 19.9 Å². The molecule has 1 unspecified atom stereocenters. The monoisotopic (exact) mass is 267 g/mol. The van der Waals surface area contributed by atoms with E-state index in [2.05, 4.69) is 5.32 Å². The molecule has 1 aromatic rings. The minimum absolute atomic E-state index is 0.0619. The summed E-state index contributed by atoms with van der Waals surface area (Å²) in [7, 11) is 1.58. The van der Waals surface area contributed by atoms with Crippen LogP contribution < -0.4 is 10.1 Å². The summed E-state index contributed by atoms with van der Waals surface area (Å²) in [5, 5.41) is 12.3. The first-order chi connectivity index (χ1) is 9.04. The summed E-state index contributed by atoms with van der Waals surface area (Å²) in [6.45, 7) is 3.88. The van der Waals surface area contributed by atoms with Crippen molar-refractivity contribution in [2.24, 2.45) is 0 Å². The number of aliphatic hydroxyl groups excluding tert-OH is 1. The van der Waals surface area contributed by atoms with Gasteiger partial charge in [-0.3, -0.25) is 4.79 Å². The Balaban J connectivity index is 2.50. The predicted molar refractivity (Wildman–Crippen MR) is 72.1 cm³/mol. The van der Waals surface area contributed by atoms with Crippen LogP contribution in [0.25, 0.3) is 0 Å². The van der Waals surface area contributed by atoms with Gasteiger partial charge in [0.2, 0.25) is 0 Å². The van der Waals surface area contributed by atoms with Crippen molar-refractivity contribution in [3.63, 3.8) is 0 Å². The molecule has 106 valence electrons. The van der Waals surface area contributed by atoms with Gasteiger partial charge in [0, 0.05) is 18.7 Å². The maximum absolute atomic E-state index is 11.6. The highest BCUT2D eigenvalue weighted by Crippen LogP contribution is 2.24. The van der Waals surface area contributed by atoms with Crippen LogP contribution in [0.2, 0.25) is 0 Å². The van der Waals surface area contributed by atoms with Gasteiger partial charge in [-0.1, -0.05) is 18.2 Å². The maximum atomic E-state index is 11.6. The summed E-state index contributed by atoms with van der Waals surface area (Å²) in [4.78, 5) is 11.6. The Morgan fingerprint density at radius 3 is 2.68 bits per heavy atom. The molecule has 0 saturated carbocycles. The summed E-state index contributed by atoms with van der Waals surface area (Å²) in [6, 6.07) is 7.05. The standard InChI is InChI=1S/C14H21NO4/c1-10(8-18-3)15-14(17)9-19-13-7-5-4-6-12(13)11(2)16/h4-7,10-11,16H,8-9H2,1-3H3,(H,15,17)/t10?,11-/m0/s1. The lowest BCUT2D eigenvalue weighted by Gasteiger charge is -2.15. The second kappa shape index (κ2) is 7.76. The molecule has 0 spiro atoms. The molecule has 0 aliphatic heterocycles. The maximum Gasteiger partial charge on any atom is 0.258 e. The van der Waals surface area contributed by atoms with Gasteiger partial charge in [-0.15, -0.1) is 0 Å². The first-order valence-electron chi connectivity index (χ1n) is 6.22. The zero-order chi connectivity index (χ0) is 14.3. The van der Waals surface area contributed by atoms with Crippen LogP contribution in [0.1, 0.15) is 25.5 Å². The average Bonchev–Trinajstić information content (AvgIpc) is 2.36. The number of para-hydroxylation sites is 1. The predicted octanol–water partition coefficient (Wildman–Crippen LogP) is 1.27. The molecule has 0 aromatic heterocycles. The summed E-state index contributed by atoms with van der Waals surface area (Å²) in [6.07, 6.45) is -0.633. The van der Waals surface area contributed by atoms with E-state index in [1.807, 2.05) is 13.0 Å². The molecule has 0 radical (unpaired) electrons. The van der Waals surface area contributed by atoms with E-state index in [0.717, 1.165) is 0 Å². The fraction of sp³-hybridized carbons (Fsp3) is 0.500. The van der Waals surface area contributed by atoms with Crippen molar-refractivity contribution < 1.29 is 19.4 Å². The third-order valence-corrected chi connectivity index (χ3v) is 2.55. The molecule has 19 heavy (non-hydrogen) atoms. The van der Waals surface area contributed by atoms with Crippen LogP contribution in [-0.4, -0.2) is 37.4 Å². The third-order valence-electron chi connectivity index (χ3n) is 2.55. The summed E-state index contributed by atoms with van der Waals surface area (Å²) < 4.78 is 10.4. The SMILES string of the molecule is COCC(C)NC(=O)COc1ccccc1[C@H](C)O. The van der Waals surface area contributed by atoms with Crippen LogP contribution in [0.4, 0.5) is 0 Å². The lowest BCUT2D eigenvalue weighted by molar-refractivity contribution is -0.124. The number of nitrogens with one attached hydrogen (secondary N) is 1. The van der Waals surface area contributed by atoms with Crippen LogP contribution in [0.15, 0.2) is 24.3 Å². The van der Waals surface area contributed by atoms with E-state index < -0.39 is 6.10 Å². The second-order valence-electron chi connectivity index (χ2n) is 4.43. The van der Waals surface area contributed by atoms with E-state index >= 15 is 0 Å². The fourth-order valence-corrected chi connectivity index (χ4v) is 1.71. The van der Waals surface area contributed by atoms with E-state index in [4.69, 9.17) is 9.47 Å². The lowest BCUT2D eigenvalue weighted by atomic mass is 10.1. The summed E-state index contributed by atoms with van der Waals surface area (Å²) >= 11 is 0. The highest BCUT2D eigenvalue weighted by Gasteiger charge is 2.11. The molecule has 0 aliphatic carbocycles. The Labute approximate surface area is 113 Å². The van der Waals surface area contributed by atoms with Crippen molar-refractivity contribution in [1.82, 2.24) is 5.32 Å². The van der Waals surface area contributed by atoms with Crippen molar-refractivity contribution >= 4 is 5.91 Å². The zero-order valence-corrected chi connectivity index (χ0v) is 11.6. The Morgan fingerprint density at radius 2 is 2.05 bits per heavy atom. The number of hydrogen-bond donors (Lipinski definition) is 2. The van der Waals surface area contributed by atoms with Gasteiger partial charge in [-0.25, -0.2) is 0 Å². The normalized spacial score (nSPS) is 13.7. The first kappa shape index (κ1) is 15.5. The molecule has 0 aliphatic rings. The molecule has 5 heteroatoms. The molecule has 1 amide bonds. The first-order valence-corrected chi connectivity index (χ1v) is 6.22. The van der Waals surface area contributed by atoms with Crippen molar-refractivity contribution in [3.05, 3.63) is 29.8 Å². The average molecular weight is 267 g/mol. The van der Waals surface area contributed by atoms with Crippen molar-refractivity contribution in [1.29, 1.82) is 0 Å². The topological polar surface area (TPSA) is 67.8 Å². The second-order valence-corrected chi connectivity index (χ2v) is 4.43. The number of amides is 1. The molecule has 1 rings (SSSR count). The minimum Gasteiger partial charge on any atom is -0.483 e. The number of aliphatic hydroxyl groups is 1. The molecule has 0 heterocycles.